The molecule has 23 heavy (non-hydrogen) atoms. The number of carbonyl (C=O) groups excluding carboxylic acids is 1. The zero-order valence-electron chi connectivity index (χ0n) is 15.2. The zero-order valence-corrected chi connectivity index (χ0v) is 16.0. The lowest BCUT2D eigenvalue weighted by Crippen LogP contribution is -2.34. The van der Waals surface area contributed by atoms with E-state index in [4.69, 9.17) is 0 Å². The fourth-order valence-electron chi connectivity index (χ4n) is 2.88. The van der Waals surface area contributed by atoms with Gasteiger partial charge in [-0.3, -0.25) is 4.79 Å². The number of rotatable bonds is 7. The molecule has 1 aliphatic carbocycles. The van der Waals surface area contributed by atoms with E-state index in [1.807, 2.05) is 34.6 Å². The van der Waals surface area contributed by atoms with E-state index in [-0.39, 0.29) is 16.6 Å². The van der Waals surface area contributed by atoms with Gasteiger partial charge in [0.1, 0.15) is 0 Å². The lowest BCUT2D eigenvalue weighted by molar-refractivity contribution is -0.122. The Morgan fingerprint density at radius 1 is 1.17 bits per heavy atom. The molecule has 0 spiro atoms. The molecule has 4 nitrogen and oxygen atoms in total. The van der Waals surface area contributed by atoms with Gasteiger partial charge in [-0.2, -0.15) is 0 Å². The highest BCUT2D eigenvalue weighted by atomic mass is 32.2. The maximum Gasteiger partial charge on any atom is 0.233 e. The summed E-state index contributed by atoms with van der Waals surface area (Å²) in [4.78, 5) is 12.7. The van der Waals surface area contributed by atoms with Crippen LogP contribution in [0, 0.1) is 10.8 Å². The van der Waals surface area contributed by atoms with Crippen LogP contribution in [-0.4, -0.2) is 20.7 Å². The summed E-state index contributed by atoms with van der Waals surface area (Å²) in [6.07, 6.45) is 4.69. The SMILES string of the molecule is C=CS(=O)(=O)NCC(C)(C)CC1=C(C(=O)C(C)(C)C)CCCC1. The maximum atomic E-state index is 12.7. The largest absolute Gasteiger partial charge is 0.294 e. The average Bonchev–Trinajstić information content (AvgIpc) is 2.44. The lowest BCUT2D eigenvalue weighted by atomic mass is 9.75. The van der Waals surface area contributed by atoms with Gasteiger partial charge in [0, 0.05) is 17.4 Å². The van der Waals surface area contributed by atoms with Gasteiger partial charge in [-0.05, 0) is 43.1 Å². The van der Waals surface area contributed by atoms with Crippen molar-refractivity contribution in [1.82, 2.24) is 4.72 Å². The lowest BCUT2D eigenvalue weighted by Gasteiger charge is -2.31. The van der Waals surface area contributed by atoms with Crippen LogP contribution in [-0.2, 0) is 14.8 Å². The van der Waals surface area contributed by atoms with E-state index in [2.05, 4.69) is 11.3 Å². The van der Waals surface area contributed by atoms with Gasteiger partial charge < -0.3 is 0 Å². The predicted octanol–water partition coefficient (Wildman–Crippen LogP) is 3.95. The number of carbonyl (C=O) groups is 1. The first-order chi connectivity index (χ1) is 10.4. The van der Waals surface area contributed by atoms with Gasteiger partial charge in [0.2, 0.25) is 10.0 Å². The second kappa shape index (κ2) is 7.31. The molecule has 0 atom stereocenters. The van der Waals surface area contributed by atoms with Crippen LogP contribution in [0.1, 0.15) is 66.7 Å². The third-order valence-electron chi connectivity index (χ3n) is 4.20. The molecule has 0 aromatic rings. The molecule has 0 amide bonds. The third kappa shape index (κ3) is 6.22. The van der Waals surface area contributed by atoms with Gasteiger partial charge in [0.25, 0.3) is 0 Å². The van der Waals surface area contributed by atoms with E-state index >= 15 is 0 Å². The second-order valence-electron chi connectivity index (χ2n) is 8.24. The van der Waals surface area contributed by atoms with Gasteiger partial charge in [-0.25, -0.2) is 13.1 Å². The molecule has 0 radical (unpaired) electrons. The van der Waals surface area contributed by atoms with E-state index in [0.29, 0.717) is 6.54 Å². The number of Topliss-reactive ketones (excluding diaryl/α,β-unsaturated/α-hetero) is 1. The van der Waals surface area contributed by atoms with Crippen molar-refractivity contribution < 1.29 is 13.2 Å². The van der Waals surface area contributed by atoms with Crippen molar-refractivity contribution >= 4 is 15.8 Å². The molecule has 0 saturated heterocycles. The molecule has 1 N–H and O–H groups in total. The number of allylic oxidation sites excluding steroid dienone is 2. The summed E-state index contributed by atoms with van der Waals surface area (Å²) in [5, 5.41) is 0.928. The molecule has 1 aliphatic rings. The van der Waals surface area contributed by atoms with Crippen LogP contribution in [0.4, 0.5) is 0 Å². The molecule has 5 heteroatoms. The summed E-state index contributed by atoms with van der Waals surface area (Å²) < 4.78 is 25.7. The summed E-state index contributed by atoms with van der Waals surface area (Å²) in [5.74, 6) is 0.231. The minimum atomic E-state index is -3.42. The fourth-order valence-corrected chi connectivity index (χ4v) is 3.59. The van der Waals surface area contributed by atoms with Gasteiger partial charge in [-0.15, -0.1) is 0 Å². The smallest absolute Gasteiger partial charge is 0.233 e. The molecule has 0 aliphatic heterocycles. The number of hydrogen-bond acceptors (Lipinski definition) is 3. The van der Waals surface area contributed by atoms with Crippen LogP contribution in [0.2, 0.25) is 0 Å². The van der Waals surface area contributed by atoms with Crippen LogP contribution in [0.3, 0.4) is 0 Å². The highest BCUT2D eigenvalue weighted by molar-refractivity contribution is 7.92. The molecular weight excluding hydrogens is 310 g/mol. The summed E-state index contributed by atoms with van der Waals surface area (Å²) in [7, 11) is -3.42. The highest BCUT2D eigenvalue weighted by Gasteiger charge is 2.31. The normalized spacial score (nSPS) is 17.3. The molecule has 0 fully saturated rings. The Morgan fingerprint density at radius 2 is 1.74 bits per heavy atom. The van der Waals surface area contributed by atoms with E-state index in [9.17, 15) is 13.2 Å². The Labute approximate surface area is 141 Å². The van der Waals surface area contributed by atoms with Crippen LogP contribution in [0.15, 0.2) is 23.1 Å². The van der Waals surface area contributed by atoms with Gasteiger partial charge in [0.15, 0.2) is 5.78 Å². The standard InChI is InChI=1S/C18H31NO3S/c1-7-23(21,22)19-13-18(5,6)12-14-10-8-9-11-15(14)16(20)17(2,3)4/h7,19H,1,8-13H2,2-6H3. The van der Waals surface area contributed by atoms with Crippen LogP contribution in [0.5, 0.6) is 0 Å². The minimum absolute atomic E-state index is 0.231. The molecule has 0 unspecified atom stereocenters. The van der Waals surface area contributed by atoms with Gasteiger partial charge >= 0.3 is 0 Å². The Morgan fingerprint density at radius 3 is 2.26 bits per heavy atom. The summed E-state index contributed by atoms with van der Waals surface area (Å²) in [5.41, 5.74) is 1.57. The molecule has 0 bridgehead atoms. The Bertz CT molecular complexity index is 592. The Hall–Kier alpha value is -0.940. The van der Waals surface area contributed by atoms with Crippen molar-refractivity contribution in [3.05, 3.63) is 23.1 Å². The maximum absolute atomic E-state index is 12.7. The molecule has 0 saturated carbocycles. The average molecular weight is 342 g/mol. The van der Waals surface area contributed by atoms with Crippen LogP contribution >= 0.6 is 0 Å². The van der Waals surface area contributed by atoms with Crippen LogP contribution < -0.4 is 4.72 Å². The van der Waals surface area contributed by atoms with Crippen molar-refractivity contribution in [3.8, 4) is 0 Å². The molecule has 0 aromatic heterocycles. The first-order valence-electron chi connectivity index (χ1n) is 8.26. The highest BCUT2D eigenvalue weighted by Crippen LogP contribution is 2.37. The third-order valence-corrected chi connectivity index (χ3v) is 5.19. The first kappa shape index (κ1) is 20.1. The number of nitrogens with one attached hydrogen (secondary N) is 1. The molecule has 132 valence electrons. The summed E-state index contributed by atoms with van der Waals surface area (Å²) in [6, 6.07) is 0. The quantitative estimate of drug-likeness (QED) is 0.762. The number of ketones is 1. The summed E-state index contributed by atoms with van der Waals surface area (Å²) >= 11 is 0. The molecule has 0 heterocycles. The van der Waals surface area contributed by atoms with Gasteiger partial charge in [0.05, 0.1) is 0 Å². The Kier molecular flexibility index (Phi) is 6.39. The predicted molar refractivity (Wildman–Crippen MR) is 95.5 cm³/mol. The van der Waals surface area contributed by atoms with Crippen molar-refractivity contribution in [2.75, 3.05) is 6.54 Å². The van der Waals surface area contributed by atoms with Crippen molar-refractivity contribution in [2.24, 2.45) is 10.8 Å². The topological polar surface area (TPSA) is 63.2 Å². The van der Waals surface area contributed by atoms with Crippen molar-refractivity contribution in [3.63, 3.8) is 0 Å². The number of hydrogen-bond donors (Lipinski definition) is 1. The first-order valence-corrected chi connectivity index (χ1v) is 9.80. The Balaban J connectivity index is 2.95. The van der Waals surface area contributed by atoms with E-state index in [1.54, 1.807) is 0 Å². The van der Waals surface area contributed by atoms with E-state index < -0.39 is 10.0 Å². The molecule has 1 rings (SSSR count). The zero-order chi connectivity index (χ0) is 17.9. The fraction of sp³-hybridized carbons (Fsp3) is 0.722. The molecule has 0 aromatic carbocycles. The van der Waals surface area contributed by atoms with Crippen molar-refractivity contribution in [1.29, 1.82) is 0 Å². The van der Waals surface area contributed by atoms with Gasteiger partial charge in [-0.1, -0.05) is 46.8 Å². The number of sulfonamides is 1. The van der Waals surface area contributed by atoms with Crippen LogP contribution in [0.25, 0.3) is 0 Å². The van der Waals surface area contributed by atoms with E-state index in [0.717, 1.165) is 43.1 Å². The second-order valence-corrected chi connectivity index (χ2v) is 9.95. The minimum Gasteiger partial charge on any atom is -0.294 e. The molecular formula is C18H31NO3S. The van der Waals surface area contributed by atoms with Crippen molar-refractivity contribution in [2.45, 2.75) is 66.7 Å². The van der Waals surface area contributed by atoms with E-state index in [1.165, 1.54) is 5.57 Å². The monoisotopic (exact) mass is 341 g/mol. The summed E-state index contributed by atoms with van der Waals surface area (Å²) in [6.45, 7) is 13.6.